The van der Waals surface area contributed by atoms with Crippen LogP contribution < -0.4 is 10.6 Å². The lowest BCUT2D eigenvalue weighted by molar-refractivity contribution is 0.0148. The van der Waals surface area contributed by atoms with E-state index in [-0.39, 0.29) is 11.9 Å². The van der Waals surface area contributed by atoms with Crippen LogP contribution in [0.25, 0.3) is 16.6 Å². The first kappa shape index (κ1) is 16.5. The Morgan fingerprint density at radius 1 is 1.22 bits per heavy atom. The van der Waals surface area contributed by atoms with Crippen molar-refractivity contribution < 1.29 is 9.53 Å². The summed E-state index contributed by atoms with van der Waals surface area (Å²) in [4.78, 5) is 13.1. The van der Waals surface area contributed by atoms with Crippen LogP contribution in [0.5, 0.6) is 0 Å². The van der Waals surface area contributed by atoms with E-state index in [9.17, 15) is 4.79 Å². The lowest BCUT2D eigenvalue weighted by Crippen LogP contribution is -2.58. The van der Waals surface area contributed by atoms with E-state index in [0.717, 1.165) is 42.6 Å². The molecule has 5 rings (SSSR count). The monoisotopic (exact) mass is 365 g/mol. The van der Waals surface area contributed by atoms with E-state index >= 15 is 0 Å². The van der Waals surface area contributed by atoms with Gasteiger partial charge in [-0.3, -0.25) is 9.48 Å². The number of para-hydroxylation sites is 1. The molecule has 0 aliphatic carbocycles. The van der Waals surface area contributed by atoms with Gasteiger partial charge in [-0.15, -0.1) is 0 Å². The molecule has 2 atom stereocenters. The van der Waals surface area contributed by atoms with E-state index in [0.29, 0.717) is 17.6 Å². The van der Waals surface area contributed by atoms with Gasteiger partial charge in [0.1, 0.15) is 0 Å². The second-order valence-corrected chi connectivity index (χ2v) is 7.54. The van der Waals surface area contributed by atoms with Crippen molar-refractivity contribution in [2.45, 2.75) is 31.0 Å². The molecule has 7 nitrogen and oxygen atoms in total. The maximum absolute atomic E-state index is 13.1. The van der Waals surface area contributed by atoms with Gasteiger partial charge in [-0.05, 0) is 18.9 Å². The first-order valence-corrected chi connectivity index (χ1v) is 9.41. The second kappa shape index (κ2) is 6.51. The Morgan fingerprint density at radius 3 is 2.74 bits per heavy atom. The molecule has 2 aromatic heterocycles. The van der Waals surface area contributed by atoms with Gasteiger partial charge in [-0.25, -0.2) is 0 Å². The molecule has 2 fully saturated rings. The summed E-state index contributed by atoms with van der Waals surface area (Å²) in [6, 6.07) is 8.84. The van der Waals surface area contributed by atoms with Crippen LogP contribution in [-0.2, 0) is 11.8 Å². The molecule has 2 saturated heterocycles. The van der Waals surface area contributed by atoms with E-state index in [4.69, 9.17) is 4.74 Å². The number of rotatable bonds is 3. The SMILES string of the molecule is Cn1cc(-n2cc(C(=O)NC3CC4COCC(C3)N4)c3ccccc32)cn1. The number of hydrogen-bond acceptors (Lipinski definition) is 4. The van der Waals surface area contributed by atoms with Crippen LogP contribution in [0.4, 0.5) is 0 Å². The molecular weight excluding hydrogens is 342 g/mol. The molecule has 4 heterocycles. The van der Waals surface area contributed by atoms with Crippen LogP contribution in [0, 0.1) is 0 Å². The summed E-state index contributed by atoms with van der Waals surface area (Å²) in [6.07, 6.45) is 7.49. The van der Waals surface area contributed by atoms with Crippen molar-refractivity contribution >= 4 is 16.8 Å². The molecule has 140 valence electrons. The van der Waals surface area contributed by atoms with Crippen molar-refractivity contribution in [2.24, 2.45) is 7.05 Å². The number of carbonyl (C=O) groups excluding carboxylic acids is 1. The zero-order valence-electron chi connectivity index (χ0n) is 15.3. The summed E-state index contributed by atoms with van der Waals surface area (Å²) in [7, 11) is 1.89. The normalized spacial score (nSPS) is 24.9. The molecule has 27 heavy (non-hydrogen) atoms. The molecule has 1 aromatic carbocycles. The molecule has 2 N–H and O–H groups in total. The fourth-order valence-corrected chi connectivity index (χ4v) is 4.33. The molecule has 0 radical (unpaired) electrons. The minimum Gasteiger partial charge on any atom is -0.378 e. The molecule has 0 spiro atoms. The predicted molar refractivity (Wildman–Crippen MR) is 102 cm³/mol. The molecule has 1 amide bonds. The third kappa shape index (κ3) is 3.02. The smallest absolute Gasteiger partial charge is 0.253 e. The summed E-state index contributed by atoms with van der Waals surface area (Å²) < 4.78 is 9.39. The Hall–Kier alpha value is -2.64. The van der Waals surface area contributed by atoms with Gasteiger partial charge < -0.3 is 19.9 Å². The van der Waals surface area contributed by atoms with Crippen LogP contribution in [-0.4, -0.2) is 51.6 Å². The molecule has 2 unspecified atom stereocenters. The third-order valence-corrected chi connectivity index (χ3v) is 5.51. The highest BCUT2D eigenvalue weighted by Crippen LogP contribution is 2.26. The first-order valence-electron chi connectivity index (χ1n) is 9.41. The molecule has 0 saturated carbocycles. The summed E-state index contributed by atoms with van der Waals surface area (Å²) in [5, 5.41) is 12.0. The predicted octanol–water partition coefficient (Wildman–Crippen LogP) is 1.61. The summed E-state index contributed by atoms with van der Waals surface area (Å²) in [5.74, 6) is -0.0141. The molecule has 3 aromatic rings. The molecule has 2 bridgehead atoms. The van der Waals surface area contributed by atoms with Crippen molar-refractivity contribution in [3.05, 3.63) is 48.4 Å². The van der Waals surface area contributed by atoms with E-state index in [1.807, 2.05) is 54.5 Å². The Morgan fingerprint density at radius 2 is 2.00 bits per heavy atom. The fourth-order valence-electron chi connectivity index (χ4n) is 4.33. The number of benzene rings is 1. The highest BCUT2D eigenvalue weighted by atomic mass is 16.5. The Kier molecular flexibility index (Phi) is 3.98. The molecule has 2 aliphatic heterocycles. The minimum atomic E-state index is -0.0141. The van der Waals surface area contributed by atoms with Gasteiger partial charge in [-0.1, -0.05) is 18.2 Å². The number of carbonyl (C=O) groups is 1. The van der Waals surface area contributed by atoms with Crippen LogP contribution >= 0.6 is 0 Å². The van der Waals surface area contributed by atoms with Crippen molar-refractivity contribution in [1.82, 2.24) is 25.0 Å². The van der Waals surface area contributed by atoms with Gasteiger partial charge in [0.2, 0.25) is 0 Å². The van der Waals surface area contributed by atoms with Crippen LogP contribution in [0.15, 0.2) is 42.9 Å². The Balaban J connectivity index is 1.45. The van der Waals surface area contributed by atoms with Gasteiger partial charge in [0.15, 0.2) is 0 Å². The maximum atomic E-state index is 13.1. The van der Waals surface area contributed by atoms with Crippen LogP contribution in [0.1, 0.15) is 23.2 Å². The van der Waals surface area contributed by atoms with Gasteiger partial charge in [-0.2, -0.15) is 5.10 Å². The number of aryl methyl sites for hydroxylation is 1. The zero-order chi connectivity index (χ0) is 18.4. The van der Waals surface area contributed by atoms with Crippen molar-refractivity contribution in [3.8, 4) is 5.69 Å². The number of hydrogen-bond donors (Lipinski definition) is 2. The van der Waals surface area contributed by atoms with E-state index in [1.165, 1.54) is 0 Å². The highest BCUT2D eigenvalue weighted by Gasteiger charge is 2.33. The van der Waals surface area contributed by atoms with Gasteiger partial charge >= 0.3 is 0 Å². The number of ether oxygens (including phenoxy) is 1. The second-order valence-electron chi connectivity index (χ2n) is 7.54. The number of morpholine rings is 1. The Labute approximate surface area is 157 Å². The van der Waals surface area contributed by atoms with Crippen molar-refractivity contribution in [3.63, 3.8) is 0 Å². The first-order chi connectivity index (χ1) is 13.2. The number of fused-ring (bicyclic) bond motifs is 3. The molecule has 7 heteroatoms. The average Bonchev–Trinajstić information content (AvgIpc) is 3.25. The van der Waals surface area contributed by atoms with Crippen molar-refractivity contribution in [2.75, 3.05) is 13.2 Å². The fraction of sp³-hybridized carbons (Fsp3) is 0.400. The largest absolute Gasteiger partial charge is 0.378 e. The molecule has 2 aliphatic rings. The third-order valence-electron chi connectivity index (χ3n) is 5.51. The van der Waals surface area contributed by atoms with E-state index < -0.39 is 0 Å². The molecular formula is C20H23N5O2. The number of amides is 1. The van der Waals surface area contributed by atoms with Crippen molar-refractivity contribution in [1.29, 1.82) is 0 Å². The average molecular weight is 365 g/mol. The number of nitrogens with zero attached hydrogens (tertiary/aromatic N) is 3. The number of piperidine rings is 1. The standard InChI is InChI=1S/C20H23N5O2/c1-24-9-16(8-21-24)25-10-18(17-4-2-3-5-19(17)25)20(26)23-13-6-14-11-27-12-15(7-13)22-14/h2-5,8-10,13-15,22H,6-7,11-12H2,1H3,(H,23,26). The van der Waals surface area contributed by atoms with E-state index in [2.05, 4.69) is 15.7 Å². The number of aromatic nitrogens is 3. The highest BCUT2D eigenvalue weighted by molar-refractivity contribution is 6.07. The summed E-state index contributed by atoms with van der Waals surface area (Å²) >= 11 is 0. The minimum absolute atomic E-state index is 0.0141. The number of nitrogens with one attached hydrogen (secondary N) is 2. The Bertz CT molecular complexity index is 979. The van der Waals surface area contributed by atoms with Crippen LogP contribution in [0.3, 0.4) is 0 Å². The van der Waals surface area contributed by atoms with Crippen LogP contribution in [0.2, 0.25) is 0 Å². The van der Waals surface area contributed by atoms with Gasteiger partial charge in [0.25, 0.3) is 5.91 Å². The maximum Gasteiger partial charge on any atom is 0.253 e. The lowest BCUT2D eigenvalue weighted by Gasteiger charge is -2.40. The topological polar surface area (TPSA) is 73.1 Å². The lowest BCUT2D eigenvalue weighted by atomic mass is 9.92. The summed E-state index contributed by atoms with van der Waals surface area (Å²) in [5.41, 5.74) is 2.65. The van der Waals surface area contributed by atoms with Gasteiger partial charge in [0.05, 0.1) is 36.2 Å². The zero-order valence-corrected chi connectivity index (χ0v) is 15.3. The quantitative estimate of drug-likeness (QED) is 0.740. The summed E-state index contributed by atoms with van der Waals surface area (Å²) in [6.45, 7) is 1.45. The van der Waals surface area contributed by atoms with Gasteiger partial charge in [0, 0.05) is 43.0 Å². The van der Waals surface area contributed by atoms with E-state index in [1.54, 1.807) is 4.68 Å².